The fraction of sp³-hybridized carbons (Fsp3) is 0.763. The molecule has 0 spiro atoms. The van der Waals surface area contributed by atoms with Crippen molar-refractivity contribution in [2.24, 2.45) is 0 Å². The molecule has 0 bridgehead atoms. The maximum Gasteiger partial charge on any atom is 0.268 e. The van der Waals surface area contributed by atoms with E-state index in [4.69, 9.17) is 9.05 Å². The van der Waals surface area contributed by atoms with Gasteiger partial charge in [-0.1, -0.05) is 127 Å². The molecule has 0 aromatic rings. The van der Waals surface area contributed by atoms with Crippen LogP contribution in [0.5, 0.6) is 0 Å². The minimum atomic E-state index is -4.60. The molecule has 8 nitrogen and oxygen atoms in total. The number of hydrogen-bond donors (Lipinski definition) is 2. The van der Waals surface area contributed by atoms with E-state index in [1.165, 1.54) is 77.0 Å². The Kier molecular flexibility index (Phi) is 29.5. The van der Waals surface area contributed by atoms with Crippen molar-refractivity contribution >= 4 is 13.7 Å². The predicted octanol–water partition coefficient (Wildman–Crippen LogP) is 8.72. The van der Waals surface area contributed by atoms with Crippen LogP contribution in [0.4, 0.5) is 0 Å². The molecule has 0 fully saturated rings. The smallest absolute Gasteiger partial charge is 0.268 e. The summed E-state index contributed by atoms with van der Waals surface area (Å²) in [5, 5.41) is 13.6. The largest absolute Gasteiger partial charge is 0.756 e. The average Bonchev–Trinajstić information content (AvgIpc) is 3.01. The van der Waals surface area contributed by atoms with Crippen molar-refractivity contribution in [2.45, 2.75) is 148 Å². The maximum absolute atomic E-state index is 12.7. The molecule has 0 heterocycles. The highest BCUT2D eigenvalue weighted by Gasteiger charge is 2.23. The Bertz CT molecular complexity index is 912. The predicted molar refractivity (Wildman–Crippen MR) is 196 cm³/mol. The average molecular weight is 683 g/mol. The first kappa shape index (κ1) is 45.5. The van der Waals surface area contributed by atoms with Gasteiger partial charge in [-0.3, -0.25) is 9.36 Å². The number of nitrogens with one attached hydrogen (secondary N) is 1. The van der Waals surface area contributed by atoms with E-state index in [-0.39, 0.29) is 18.9 Å². The summed E-state index contributed by atoms with van der Waals surface area (Å²) in [4.78, 5) is 25.1. The summed E-state index contributed by atoms with van der Waals surface area (Å²) in [5.74, 6) is -0.279. The van der Waals surface area contributed by atoms with Crippen LogP contribution >= 0.6 is 7.82 Å². The molecule has 0 rings (SSSR count). The van der Waals surface area contributed by atoms with Gasteiger partial charge in [0, 0.05) is 6.42 Å². The van der Waals surface area contributed by atoms with Crippen molar-refractivity contribution < 1.29 is 32.9 Å². The molecule has 0 aromatic carbocycles. The van der Waals surface area contributed by atoms with Crippen LogP contribution < -0.4 is 10.2 Å². The van der Waals surface area contributed by atoms with E-state index in [1.54, 1.807) is 6.08 Å². The highest BCUT2D eigenvalue weighted by molar-refractivity contribution is 7.45. The molecule has 0 aliphatic rings. The second-order valence-electron chi connectivity index (χ2n) is 13.6. The maximum atomic E-state index is 12.7. The molecule has 0 aliphatic heterocycles. The van der Waals surface area contributed by atoms with Crippen molar-refractivity contribution in [1.29, 1.82) is 0 Å². The van der Waals surface area contributed by atoms with Gasteiger partial charge in [0.1, 0.15) is 13.2 Å². The van der Waals surface area contributed by atoms with Crippen LogP contribution in [0.2, 0.25) is 0 Å². The van der Waals surface area contributed by atoms with Crippen molar-refractivity contribution in [3.05, 3.63) is 48.6 Å². The summed E-state index contributed by atoms with van der Waals surface area (Å²) in [6.07, 6.45) is 36.0. The molecule has 0 saturated carbocycles. The SMILES string of the molecule is CCCCCCCC/C=C\C/C=C\CCC(=O)NC(COP(=O)([O-])OCC[N+](C)(C)C)C(O)/C=C/CC/C=C/CCCCCCCC. The number of likely N-dealkylation sites (N-methyl/N-ethyl adjacent to an activating group) is 1. The monoisotopic (exact) mass is 683 g/mol. The van der Waals surface area contributed by atoms with E-state index >= 15 is 0 Å². The number of carbonyl (C=O) groups excluding carboxylic acids is 1. The third kappa shape index (κ3) is 32.8. The summed E-state index contributed by atoms with van der Waals surface area (Å²) in [7, 11) is 1.20. The molecular weight excluding hydrogens is 611 g/mol. The van der Waals surface area contributed by atoms with Gasteiger partial charge in [0.25, 0.3) is 7.82 Å². The second-order valence-corrected chi connectivity index (χ2v) is 15.0. The molecule has 0 aliphatic carbocycles. The number of unbranched alkanes of at least 4 members (excludes halogenated alkanes) is 13. The van der Waals surface area contributed by atoms with Gasteiger partial charge in [-0.25, -0.2) is 0 Å². The van der Waals surface area contributed by atoms with Crippen molar-refractivity contribution in [2.75, 3.05) is 40.9 Å². The molecule has 0 radical (unpaired) electrons. The van der Waals surface area contributed by atoms with Gasteiger partial charge in [0.2, 0.25) is 5.91 Å². The summed E-state index contributed by atoms with van der Waals surface area (Å²) in [6.45, 7) is 4.51. The van der Waals surface area contributed by atoms with E-state index in [1.807, 2.05) is 39.4 Å². The number of nitrogens with zero attached hydrogens (tertiary/aromatic N) is 1. The normalized spacial score (nSPS) is 15.3. The zero-order chi connectivity index (χ0) is 35.1. The molecule has 1 amide bonds. The second kappa shape index (κ2) is 30.5. The lowest BCUT2D eigenvalue weighted by Crippen LogP contribution is -2.45. The highest BCUT2D eigenvalue weighted by Crippen LogP contribution is 2.38. The Morgan fingerprint density at radius 1 is 0.745 bits per heavy atom. The summed E-state index contributed by atoms with van der Waals surface area (Å²) in [6, 6.07) is -0.930. The van der Waals surface area contributed by atoms with Crippen LogP contribution in [0.1, 0.15) is 136 Å². The van der Waals surface area contributed by atoms with Gasteiger partial charge in [-0.2, -0.15) is 0 Å². The first-order valence-electron chi connectivity index (χ1n) is 18.5. The van der Waals surface area contributed by atoms with E-state index in [0.29, 0.717) is 17.4 Å². The fourth-order valence-corrected chi connectivity index (χ4v) is 5.47. The lowest BCUT2D eigenvalue weighted by atomic mass is 10.1. The van der Waals surface area contributed by atoms with Crippen LogP contribution in [0.15, 0.2) is 48.6 Å². The number of carbonyl (C=O) groups is 1. The highest BCUT2D eigenvalue weighted by atomic mass is 31.2. The van der Waals surface area contributed by atoms with E-state index in [2.05, 4.69) is 43.5 Å². The quantitative estimate of drug-likeness (QED) is 0.0318. The van der Waals surface area contributed by atoms with Gasteiger partial charge in [0.05, 0.1) is 39.9 Å². The lowest BCUT2D eigenvalue weighted by Gasteiger charge is -2.29. The summed E-state index contributed by atoms with van der Waals surface area (Å²) >= 11 is 0. The number of allylic oxidation sites excluding steroid dienone is 7. The number of aliphatic hydroxyl groups excluding tert-OH is 1. The molecular formula is C38H71N2O6P. The topological polar surface area (TPSA) is 108 Å². The standard InChI is InChI=1S/C38H71N2O6P/c1-6-8-10-12-14-16-18-20-22-24-26-28-30-32-38(42)39-36(35-46-47(43,44)45-34-33-40(3,4)5)37(41)31-29-27-25-23-21-19-17-15-13-11-9-7-2/h20-23,26,28-29,31,36-37,41H,6-19,24-25,27,30,32-35H2,1-5H3,(H-,39,42,43,44)/b22-20-,23-21+,28-26-,31-29+. The Labute approximate surface area is 289 Å². The van der Waals surface area contributed by atoms with Crippen molar-refractivity contribution in [1.82, 2.24) is 5.32 Å². The van der Waals surface area contributed by atoms with Crippen LogP contribution in [0.3, 0.4) is 0 Å². The van der Waals surface area contributed by atoms with E-state index < -0.39 is 26.6 Å². The number of amides is 1. The Morgan fingerprint density at radius 2 is 1.26 bits per heavy atom. The molecule has 3 unspecified atom stereocenters. The zero-order valence-electron chi connectivity index (χ0n) is 30.7. The molecule has 0 aromatic heterocycles. The first-order chi connectivity index (χ1) is 22.5. The summed E-state index contributed by atoms with van der Waals surface area (Å²) < 4.78 is 23.0. The number of phosphoric acid groups is 1. The van der Waals surface area contributed by atoms with Gasteiger partial charge in [-0.05, 0) is 51.4 Å². The summed E-state index contributed by atoms with van der Waals surface area (Å²) in [5.41, 5.74) is 0. The molecule has 2 N–H and O–H groups in total. The van der Waals surface area contributed by atoms with Gasteiger partial charge < -0.3 is 28.8 Å². The Morgan fingerprint density at radius 3 is 1.85 bits per heavy atom. The number of phosphoric ester groups is 1. The molecule has 47 heavy (non-hydrogen) atoms. The molecule has 3 atom stereocenters. The van der Waals surface area contributed by atoms with Crippen LogP contribution in [-0.2, 0) is 18.4 Å². The lowest BCUT2D eigenvalue weighted by molar-refractivity contribution is -0.870. The van der Waals surface area contributed by atoms with Crippen molar-refractivity contribution in [3.8, 4) is 0 Å². The van der Waals surface area contributed by atoms with Crippen LogP contribution in [0, 0.1) is 0 Å². The van der Waals surface area contributed by atoms with Gasteiger partial charge in [-0.15, -0.1) is 0 Å². The number of aliphatic hydroxyl groups is 1. The van der Waals surface area contributed by atoms with Crippen molar-refractivity contribution in [3.63, 3.8) is 0 Å². The number of rotatable bonds is 32. The Balaban J connectivity index is 4.72. The van der Waals surface area contributed by atoms with Gasteiger partial charge in [0.15, 0.2) is 0 Å². The van der Waals surface area contributed by atoms with Crippen LogP contribution in [0.25, 0.3) is 0 Å². The van der Waals surface area contributed by atoms with Gasteiger partial charge >= 0.3 is 0 Å². The molecule has 0 saturated heterocycles. The third-order valence-corrected chi connectivity index (χ3v) is 8.74. The number of hydrogen-bond acceptors (Lipinski definition) is 6. The van der Waals surface area contributed by atoms with E-state index in [0.717, 1.165) is 32.1 Å². The zero-order valence-corrected chi connectivity index (χ0v) is 31.6. The minimum Gasteiger partial charge on any atom is -0.756 e. The van der Waals surface area contributed by atoms with E-state index in [9.17, 15) is 19.4 Å². The molecule has 9 heteroatoms. The number of quaternary nitrogens is 1. The Hall–Kier alpha value is -1.54. The molecule has 274 valence electrons. The first-order valence-corrected chi connectivity index (χ1v) is 20.0. The minimum absolute atomic E-state index is 0.0172. The fourth-order valence-electron chi connectivity index (χ4n) is 4.74. The van der Waals surface area contributed by atoms with Crippen LogP contribution in [-0.4, -0.2) is 68.5 Å². The third-order valence-electron chi connectivity index (χ3n) is 7.77.